The minimum Gasteiger partial charge on any atom is -0.354 e. The average Bonchev–Trinajstić information content (AvgIpc) is 2.57. The smallest absolute Gasteiger partial charge is 0.224 e. The van der Waals surface area contributed by atoms with Crippen molar-refractivity contribution < 1.29 is 4.39 Å². The van der Waals surface area contributed by atoms with E-state index in [1.807, 2.05) is 32.0 Å². The summed E-state index contributed by atoms with van der Waals surface area (Å²) in [7, 11) is 0. The maximum absolute atomic E-state index is 13.0. The van der Waals surface area contributed by atoms with Gasteiger partial charge in [0.15, 0.2) is 0 Å². The van der Waals surface area contributed by atoms with Gasteiger partial charge in [0, 0.05) is 51.0 Å². The molecule has 0 saturated carbocycles. The minimum absolute atomic E-state index is 0.181. The molecule has 0 bridgehead atoms. The highest BCUT2D eigenvalue weighted by Crippen LogP contribution is 2.18. The third kappa shape index (κ3) is 4.20. The summed E-state index contributed by atoms with van der Waals surface area (Å²) in [6, 6.07) is 8.81. The van der Waals surface area contributed by atoms with E-state index in [9.17, 15) is 4.39 Å². The molecule has 2 heterocycles. The lowest BCUT2D eigenvalue weighted by atomic mass is 10.2. The number of piperazine rings is 1. The van der Waals surface area contributed by atoms with E-state index < -0.39 is 0 Å². The summed E-state index contributed by atoms with van der Waals surface area (Å²) in [6.07, 6.45) is 0. The van der Waals surface area contributed by atoms with Crippen molar-refractivity contribution in [2.45, 2.75) is 20.4 Å². The van der Waals surface area contributed by atoms with Crippen LogP contribution in [0, 0.1) is 12.7 Å². The minimum atomic E-state index is -0.181. The zero-order valence-electron chi connectivity index (χ0n) is 14.3. The Kier molecular flexibility index (Phi) is 5.25. The van der Waals surface area contributed by atoms with Gasteiger partial charge < -0.3 is 10.2 Å². The van der Waals surface area contributed by atoms with Crippen LogP contribution in [0.5, 0.6) is 0 Å². The van der Waals surface area contributed by atoms with Crippen LogP contribution in [0.25, 0.3) is 0 Å². The SMILES string of the molecule is CCNc1nc(C)cc(N2CCN(Cc3ccc(F)cc3)CC2)n1. The normalized spacial score (nSPS) is 15.5. The van der Waals surface area contributed by atoms with Gasteiger partial charge in [0.2, 0.25) is 5.95 Å². The third-order valence-electron chi connectivity index (χ3n) is 4.19. The number of hydrogen-bond donors (Lipinski definition) is 1. The highest BCUT2D eigenvalue weighted by molar-refractivity contribution is 5.45. The molecule has 0 aliphatic carbocycles. The molecule has 0 atom stereocenters. The average molecular weight is 329 g/mol. The van der Waals surface area contributed by atoms with Gasteiger partial charge in [0.1, 0.15) is 11.6 Å². The quantitative estimate of drug-likeness (QED) is 0.914. The van der Waals surface area contributed by atoms with Crippen LogP contribution in [-0.4, -0.2) is 47.6 Å². The number of benzene rings is 1. The van der Waals surface area contributed by atoms with E-state index in [-0.39, 0.29) is 5.82 Å². The fourth-order valence-corrected chi connectivity index (χ4v) is 2.93. The molecule has 24 heavy (non-hydrogen) atoms. The Morgan fingerprint density at radius 3 is 2.46 bits per heavy atom. The molecule has 0 amide bonds. The van der Waals surface area contributed by atoms with Crippen LogP contribution in [0.4, 0.5) is 16.2 Å². The molecule has 5 nitrogen and oxygen atoms in total. The van der Waals surface area contributed by atoms with Gasteiger partial charge in [-0.3, -0.25) is 4.90 Å². The number of hydrogen-bond acceptors (Lipinski definition) is 5. The van der Waals surface area contributed by atoms with E-state index in [1.165, 1.54) is 12.1 Å². The zero-order chi connectivity index (χ0) is 16.9. The Labute approximate surface area is 142 Å². The van der Waals surface area contributed by atoms with Gasteiger partial charge in [-0.1, -0.05) is 12.1 Å². The number of nitrogens with one attached hydrogen (secondary N) is 1. The van der Waals surface area contributed by atoms with Gasteiger partial charge in [-0.15, -0.1) is 0 Å². The highest BCUT2D eigenvalue weighted by atomic mass is 19.1. The number of aromatic nitrogens is 2. The van der Waals surface area contributed by atoms with Crippen molar-refractivity contribution in [1.82, 2.24) is 14.9 Å². The van der Waals surface area contributed by atoms with Crippen molar-refractivity contribution in [1.29, 1.82) is 0 Å². The van der Waals surface area contributed by atoms with Gasteiger partial charge in [0.25, 0.3) is 0 Å². The summed E-state index contributed by atoms with van der Waals surface area (Å²) in [5.41, 5.74) is 2.13. The largest absolute Gasteiger partial charge is 0.354 e. The Hall–Kier alpha value is -2.21. The Morgan fingerprint density at radius 2 is 1.79 bits per heavy atom. The second-order valence-electron chi connectivity index (χ2n) is 6.11. The molecule has 1 saturated heterocycles. The lowest BCUT2D eigenvalue weighted by Crippen LogP contribution is -2.46. The van der Waals surface area contributed by atoms with Crippen LogP contribution in [-0.2, 0) is 6.54 Å². The molecular weight excluding hydrogens is 305 g/mol. The number of rotatable bonds is 5. The monoisotopic (exact) mass is 329 g/mol. The van der Waals surface area contributed by atoms with Crippen LogP contribution >= 0.6 is 0 Å². The molecule has 1 fully saturated rings. The standard InChI is InChI=1S/C18H24FN5/c1-3-20-18-21-14(2)12-17(22-18)24-10-8-23(9-11-24)13-15-4-6-16(19)7-5-15/h4-7,12H,3,8-11,13H2,1-2H3,(H,20,21,22). The van der Waals surface area contributed by atoms with E-state index in [2.05, 4.69) is 25.1 Å². The van der Waals surface area contributed by atoms with Crippen molar-refractivity contribution >= 4 is 11.8 Å². The molecule has 2 aromatic rings. The summed E-state index contributed by atoms with van der Waals surface area (Å²) < 4.78 is 13.0. The highest BCUT2D eigenvalue weighted by Gasteiger charge is 2.19. The number of anilines is 2. The van der Waals surface area contributed by atoms with Crippen molar-refractivity contribution in [3.05, 3.63) is 47.4 Å². The fourth-order valence-electron chi connectivity index (χ4n) is 2.93. The zero-order valence-corrected chi connectivity index (χ0v) is 14.3. The molecule has 1 aliphatic heterocycles. The van der Waals surface area contributed by atoms with Crippen molar-refractivity contribution in [3.8, 4) is 0 Å². The van der Waals surface area contributed by atoms with Crippen molar-refractivity contribution in [3.63, 3.8) is 0 Å². The first kappa shape index (κ1) is 16.6. The molecule has 0 unspecified atom stereocenters. The van der Waals surface area contributed by atoms with Crippen LogP contribution < -0.4 is 10.2 Å². The second-order valence-corrected chi connectivity index (χ2v) is 6.11. The topological polar surface area (TPSA) is 44.3 Å². The maximum atomic E-state index is 13.0. The number of halogens is 1. The number of nitrogens with zero attached hydrogens (tertiary/aromatic N) is 4. The van der Waals surface area contributed by atoms with Crippen LogP contribution in [0.3, 0.4) is 0 Å². The van der Waals surface area contributed by atoms with Gasteiger partial charge in [0.05, 0.1) is 0 Å². The first-order valence-corrected chi connectivity index (χ1v) is 8.45. The summed E-state index contributed by atoms with van der Waals surface area (Å²) in [6.45, 7) is 9.52. The van der Waals surface area contributed by atoms with Crippen LogP contribution in [0.15, 0.2) is 30.3 Å². The Balaban J connectivity index is 1.59. The molecular formula is C18H24FN5. The van der Waals surface area contributed by atoms with E-state index >= 15 is 0 Å². The Bertz CT molecular complexity index is 666. The molecule has 1 aliphatic rings. The molecule has 0 radical (unpaired) electrons. The van der Waals surface area contributed by atoms with Gasteiger partial charge >= 0.3 is 0 Å². The predicted octanol–water partition coefficient (Wildman–Crippen LogP) is 2.68. The van der Waals surface area contributed by atoms with Gasteiger partial charge in [-0.05, 0) is 31.5 Å². The predicted molar refractivity (Wildman–Crippen MR) is 94.8 cm³/mol. The molecule has 0 spiro atoms. The van der Waals surface area contributed by atoms with E-state index in [0.29, 0.717) is 5.95 Å². The van der Waals surface area contributed by atoms with Crippen LogP contribution in [0.1, 0.15) is 18.2 Å². The van der Waals surface area contributed by atoms with E-state index in [1.54, 1.807) is 0 Å². The van der Waals surface area contributed by atoms with Crippen molar-refractivity contribution in [2.24, 2.45) is 0 Å². The Morgan fingerprint density at radius 1 is 1.08 bits per heavy atom. The number of aryl methyl sites for hydroxylation is 1. The molecule has 1 N–H and O–H groups in total. The lowest BCUT2D eigenvalue weighted by molar-refractivity contribution is 0.249. The molecule has 3 rings (SSSR count). The summed E-state index contributed by atoms with van der Waals surface area (Å²) in [4.78, 5) is 13.7. The van der Waals surface area contributed by atoms with Gasteiger partial charge in [-0.2, -0.15) is 4.98 Å². The second kappa shape index (κ2) is 7.57. The lowest BCUT2D eigenvalue weighted by Gasteiger charge is -2.35. The van der Waals surface area contributed by atoms with E-state index in [4.69, 9.17) is 0 Å². The first-order valence-electron chi connectivity index (χ1n) is 8.45. The van der Waals surface area contributed by atoms with E-state index in [0.717, 1.165) is 56.3 Å². The summed E-state index contributed by atoms with van der Waals surface area (Å²) in [5.74, 6) is 1.50. The maximum Gasteiger partial charge on any atom is 0.224 e. The van der Waals surface area contributed by atoms with Crippen LogP contribution in [0.2, 0.25) is 0 Å². The summed E-state index contributed by atoms with van der Waals surface area (Å²) >= 11 is 0. The molecule has 128 valence electrons. The molecule has 6 heteroatoms. The molecule has 1 aromatic carbocycles. The fraction of sp³-hybridized carbons (Fsp3) is 0.444. The van der Waals surface area contributed by atoms with Gasteiger partial charge in [-0.25, -0.2) is 9.37 Å². The van der Waals surface area contributed by atoms with Crippen molar-refractivity contribution in [2.75, 3.05) is 42.9 Å². The third-order valence-corrected chi connectivity index (χ3v) is 4.19. The summed E-state index contributed by atoms with van der Waals surface area (Å²) in [5, 5.41) is 3.18. The molecule has 1 aromatic heterocycles. The first-order chi connectivity index (χ1) is 11.6.